The first-order valence-corrected chi connectivity index (χ1v) is 8.49. The number of amides is 2. The van der Waals surface area contributed by atoms with Crippen LogP contribution in [0.25, 0.3) is 5.69 Å². The van der Waals surface area contributed by atoms with Gasteiger partial charge in [-0.15, -0.1) is 0 Å². The van der Waals surface area contributed by atoms with Crippen LogP contribution in [0, 0.1) is 5.92 Å². The molecule has 1 aliphatic rings. The first-order chi connectivity index (χ1) is 12.0. The molecule has 0 saturated carbocycles. The first kappa shape index (κ1) is 17.3. The number of carbonyl (C=O) groups is 2. The van der Waals surface area contributed by atoms with Gasteiger partial charge in [-0.3, -0.25) is 4.79 Å². The Kier molecular flexibility index (Phi) is 4.94. The van der Waals surface area contributed by atoms with E-state index in [0.29, 0.717) is 30.1 Å². The Morgan fingerprint density at radius 3 is 2.68 bits per heavy atom. The lowest BCUT2D eigenvalue weighted by Crippen LogP contribution is -2.34. The molecular formula is C17H19ClN4O3. The summed E-state index contributed by atoms with van der Waals surface area (Å²) < 4.78 is 1.76. The van der Waals surface area contributed by atoms with Crippen molar-refractivity contribution in [3.8, 4) is 5.69 Å². The molecule has 1 atom stereocenters. The quantitative estimate of drug-likeness (QED) is 0.875. The Morgan fingerprint density at radius 1 is 1.36 bits per heavy atom. The average Bonchev–Trinajstić information content (AvgIpc) is 3.22. The highest BCUT2D eigenvalue weighted by Gasteiger charge is 2.31. The van der Waals surface area contributed by atoms with Crippen LogP contribution in [-0.2, 0) is 11.2 Å². The largest absolute Gasteiger partial charge is 0.481 e. The topological polar surface area (TPSA) is 87.5 Å². The van der Waals surface area contributed by atoms with Crippen LogP contribution >= 0.6 is 11.6 Å². The molecule has 1 aliphatic heterocycles. The monoisotopic (exact) mass is 362 g/mol. The van der Waals surface area contributed by atoms with Crippen molar-refractivity contribution < 1.29 is 14.7 Å². The summed E-state index contributed by atoms with van der Waals surface area (Å²) in [6.45, 7) is 2.65. The maximum atomic E-state index is 12.4. The molecule has 2 aromatic rings. The summed E-state index contributed by atoms with van der Waals surface area (Å²) in [5.74, 6) is -1.35. The predicted octanol–water partition coefficient (Wildman–Crippen LogP) is 3.03. The van der Waals surface area contributed by atoms with Crippen LogP contribution in [0.1, 0.15) is 19.0 Å². The molecule has 1 aromatic heterocycles. The number of nitrogens with zero attached hydrogens (tertiary/aromatic N) is 3. The SMILES string of the molecule is CCc1c(NC(=O)N2CCC(C(=O)O)C2)cnn1-c1ccc(Cl)cc1. The average molecular weight is 363 g/mol. The third kappa shape index (κ3) is 3.61. The van der Waals surface area contributed by atoms with E-state index >= 15 is 0 Å². The second-order valence-corrected chi connectivity index (χ2v) is 6.38. The zero-order valence-electron chi connectivity index (χ0n) is 13.8. The fourth-order valence-corrected chi connectivity index (χ4v) is 3.09. The summed E-state index contributed by atoms with van der Waals surface area (Å²) in [6.07, 6.45) is 2.76. The van der Waals surface area contributed by atoms with Crippen molar-refractivity contribution in [2.75, 3.05) is 18.4 Å². The molecular weight excluding hydrogens is 344 g/mol. The van der Waals surface area contributed by atoms with Gasteiger partial charge in [-0.1, -0.05) is 18.5 Å². The number of halogens is 1. The molecule has 3 rings (SSSR count). The number of aromatic nitrogens is 2. The Hall–Kier alpha value is -2.54. The van der Waals surface area contributed by atoms with Gasteiger partial charge in [-0.2, -0.15) is 5.10 Å². The molecule has 1 aromatic carbocycles. The van der Waals surface area contributed by atoms with Gasteiger partial charge in [-0.05, 0) is 37.1 Å². The smallest absolute Gasteiger partial charge is 0.321 e. The summed E-state index contributed by atoms with van der Waals surface area (Å²) in [5.41, 5.74) is 2.35. The molecule has 2 amide bonds. The third-order valence-corrected chi connectivity index (χ3v) is 4.59. The predicted molar refractivity (Wildman–Crippen MR) is 94.3 cm³/mol. The Labute approximate surface area is 150 Å². The zero-order chi connectivity index (χ0) is 18.0. The summed E-state index contributed by atoms with van der Waals surface area (Å²) in [5, 5.41) is 16.9. The highest BCUT2D eigenvalue weighted by atomic mass is 35.5. The minimum atomic E-state index is -0.861. The molecule has 1 fully saturated rings. The standard InChI is InChI=1S/C17H19ClN4O3/c1-2-15-14(9-19-22(15)13-5-3-12(18)4-6-13)20-17(25)21-8-7-11(10-21)16(23)24/h3-6,9,11H,2,7-8,10H2,1H3,(H,20,25)(H,23,24). The number of hydrogen-bond donors (Lipinski definition) is 2. The summed E-state index contributed by atoms with van der Waals surface area (Å²) in [7, 11) is 0. The normalized spacial score (nSPS) is 16.9. The molecule has 25 heavy (non-hydrogen) atoms. The van der Waals surface area contributed by atoms with Crippen LogP contribution < -0.4 is 5.32 Å². The van der Waals surface area contributed by atoms with E-state index < -0.39 is 11.9 Å². The van der Waals surface area contributed by atoms with E-state index in [1.807, 2.05) is 19.1 Å². The molecule has 132 valence electrons. The number of anilines is 1. The van der Waals surface area contributed by atoms with Gasteiger partial charge in [0.1, 0.15) is 0 Å². The molecule has 0 spiro atoms. The summed E-state index contributed by atoms with van der Waals surface area (Å²) in [6, 6.07) is 6.99. The van der Waals surface area contributed by atoms with E-state index in [4.69, 9.17) is 16.7 Å². The minimum Gasteiger partial charge on any atom is -0.481 e. The number of benzene rings is 1. The highest BCUT2D eigenvalue weighted by Crippen LogP contribution is 2.23. The van der Waals surface area contributed by atoms with Crippen LogP contribution in [-0.4, -0.2) is 44.9 Å². The van der Waals surface area contributed by atoms with E-state index in [1.165, 1.54) is 4.90 Å². The van der Waals surface area contributed by atoms with Gasteiger partial charge in [-0.25, -0.2) is 9.48 Å². The van der Waals surface area contributed by atoms with E-state index in [0.717, 1.165) is 11.4 Å². The number of likely N-dealkylation sites (tertiary alicyclic amines) is 1. The van der Waals surface area contributed by atoms with Crippen LogP contribution in [0.4, 0.5) is 10.5 Å². The Morgan fingerprint density at radius 2 is 2.08 bits per heavy atom. The van der Waals surface area contributed by atoms with Crippen LogP contribution in [0.3, 0.4) is 0 Å². The van der Waals surface area contributed by atoms with Crippen LogP contribution in [0.2, 0.25) is 5.02 Å². The maximum absolute atomic E-state index is 12.4. The molecule has 7 nitrogen and oxygen atoms in total. The van der Waals surface area contributed by atoms with E-state index in [-0.39, 0.29) is 12.6 Å². The zero-order valence-corrected chi connectivity index (χ0v) is 14.5. The van der Waals surface area contributed by atoms with Gasteiger partial charge in [0.2, 0.25) is 0 Å². The van der Waals surface area contributed by atoms with Crippen LogP contribution in [0.15, 0.2) is 30.5 Å². The van der Waals surface area contributed by atoms with E-state index in [2.05, 4.69) is 10.4 Å². The number of rotatable bonds is 4. The molecule has 1 unspecified atom stereocenters. The highest BCUT2D eigenvalue weighted by molar-refractivity contribution is 6.30. The van der Waals surface area contributed by atoms with E-state index in [1.54, 1.807) is 23.0 Å². The number of carbonyl (C=O) groups excluding carboxylic acids is 1. The molecule has 1 saturated heterocycles. The third-order valence-electron chi connectivity index (χ3n) is 4.34. The second-order valence-electron chi connectivity index (χ2n) is 5.95. The van der Waals surface area contributed by atoms with Gasteiger partial charge in [0.15, 0.2) is 0 Å². The number of urea groups is 1. The van der Waals surface area contributed by atoms with Gasteiger partial charge < -0.3 is 15.3 Å². The lowest BCUT2D eigenvalue weighted by atomic mass is 10.1. The number of nitrogens with one attached hydrogen (secondary N) is 1. The fourth-order valence-electron chi connectivity index (χ4n) is 2.96. The van der Waals surface area contributed by atoms with Crippen molar-refractivity contribution in [1.29, 1.82) is 0 Å². The fraction of sp³-hybridized carbons (Fsp3) is 0.353. The molecule has 2 N–H and O–H groups in total. The van der Waals surface area contributed by atoms with Crippen LogP contribution in [0.5, 0.6) is 0 Å². The second kappa shape index (κ2) is 7.14. The van der Waals surface area contributed by atoms with Crippen molar-refractivity contribution in [2.24, 2.45) is 5.92 Å². The van der Waals surface area contributed by atoms with Gasteiger partial charge >= 0.3 is 12.0 Å². The minimum absolute atomic E-state index is 0.230. The van der Waals surface area contributed by atoms with Crippen molar-refractivity contribution in [3.63, 3.8) is 0 Å². The summed E-state index contributed by atoms with van der Waals surface area (Å²) in [4.78, 5) is 25.0. The van der Waals surface area contributed by atoms with Gasteiger partial charge in [0.25, 0.3) is 0 Å². The molecule has 0 aliphatic carbocycles. The van der Waals surface area contributed by atoms with Crippen molar-refractivity contribution >= 4 is 29.3 Å². The van der Waals surface area contributed by atoms with E-state index in [9.17, 15) is 9.59 Å². The Bertz CT molecular complexity index is 788. The number of hydrogen-bond acceptors (Lipinski definition) is 3. The first-order valence-electron chi connectivity index (χ1n) is 8.11. The van der Waals surface area contributed by atoms with Crippen molar-refractivity contribution in [1.82, 2.24) is 14.7 Å². The summed E-state index contributed by atoms with van der Waals surface area (Å²) >= 11 is 5.92. The molecule has 2 heterocycles. The Balaban J connectivity index is 1.76. The van der Waals surface area contributed by atoms with Gasteiger partial charge in [0, 0.05) is 18.1 Å². The number of carboxylic acids is 1. The van der Waals surface area contributed by atoms with Crippen molar-refractivity contribution in [3.05, 3.63) is 41.2 Å². The molecule has 8 heteroatoms. The number of carboxylic acid groups (broad SMARTS) is 1. The molecule has 0 radical (unpaired) electrons. The van der Waals surface area contributed by atoms with Gasteiger partial charge in [0.05, 0.1) is 29.2 Å². The lowest BCUT2D eigenvalue weighted by molar-refractivity contribution is -0.141. The maximum Gasteiger partial charge on any atom is 0.321 e. The number of aliphatic carboxylic acids is 1. The molecule has 0 bridgehead atoms. The lowest BCUT2D eigenvalue weighted by Gasteiger charge is -2.17. The van der Waals surface area contributed by atoms with Crippen molar-refractivity contribution in [2.45, 2.75) is 19.8 Å².